The Labute approximate surface area is 155 Å². The van der Waals surface area contributed by atoms with E-state index in [1.807, 2.05) is 31.2 Å². The van der Waals surface area contributed by atoms with Crippen molar-refractivity contribution in [1.82, 2.24) is 9.97 Å². The molecule has 0 fully saturated rings. The third kappa shape index (κ3) is 3.97. The number of carbonyl (C=O) groups is 1. The van der Waals surface area contributed by atoms with Gasteiger partial charge in [-0.2, -0.15) is 5.10 Å². The summed E-state index contributed by atoms with van der Waals surface area (Å²) in [5, 5.41) is 5.51. The lowest BCUT2D eigenvalue weighted by atomic mass is 10.1. The van der Waals surface area contributed by atoms with Crippen LogP contribution in [-0.2, 0) is 9.53 Å². The molecule has 2 aromatic carbocycles. The van der Waals surface area contributed by atoms with E-state index in [0.717, 1.165) is 11.1 Å². The third-order valence-electron chi connectivity index (χ3n) is 3.66. The summed E-state index contributed by atoms with van der Waals surface area (Å²) < 4.78 is 5.12. The Hall–Kier alpha value is -2.99. The summed E-state index contributed by atoms with van der Waals surface area (Å²) in [4.78, 5) is 20.7. The predicted octanol–water partition coefficient (Wildman–Crippen LogP) is 3.97. The Morgan fingerprint density at radius 2 is 1.96 bits per heavy atom. The molecule has 3 aromatic rings. The standard InChI is InChI=1S/C19H17ClN4O2/c1-3-26-19(25)17(13-6-4-12(2)5-7-13)23-24-18-15-10-14(20)8-9-16(15)21-11-22-18/h4-11H,3H2,1-2H3,(H,21,22,24). The molecule has 0 saturated heterocycles. The molecule has 7 heteroatoms. The summed E-state index contributed by atoms with van der Waals surface area (Å²) in [5.74, 6) is -0.0633. The molecule has 1 heterocycles. The molecule has 3 rings (SSSR count). The first kappa shape index (κ1) is 17.8. The van der Waals surface area contributed by atoms with Crippen molar-refractivity contribution in [1.29, 1.82) is 0 Å². The van der Waals surface area contributed by atoms with Crippen molar-refractivity contribution in [2.45, 2.75) is 13.8 Å². The number of nitrogens with zero attached hydrogens (tertiary/aromatic N) is 3. The molecule has 6 nitrogen and oxygen atoms in total. The van der Waals surface area contributed by atoms with E-state index >= 15 is 0 Å². The lowest BCUT2D eigenvalue weighted by molar-refractivity contribution is -0.134. The average molecular weight is 369 g/mol. The van der Waals surface area contributed by atoms with E-state index in [1.165, 1.54) is 6.33 Å². The smallest absolute Gasteiger partial charge is 0.359 e. The number of anilines is 1. The van der Waals surface area contributed by atoms with Crippen LogP contribution in [0.1, 0.15) is 18.1 Å². The molecule has 0 spiro atoms. The fraction of sp³-hybridized carbons (Fsp3) is 0.158. The minimum atomic E-state index is -0.514. The Morgan fingerprint density at radius 3 is 2.69 bits per heavy atom. The number of halogens is 1. The first-order chi connectivity index (χ1) is 12.6. The number of rotatable bonds is 5. The van der Waals surface area contributed by atoms with Gasteiger partial charge in [-0.15, -0.1) is 0 Å². The summed E-state index contributed by atoms with van der Waals surface area (Å²) in [5.41, 5.74) is 5.47. The second-order valence-corrected chi connectivity index (χ2v) is 5.98. The molecule has 0 aliphatic heterocycles. The lowest BCUT2D eigenvalue weighted by Gasteiger charge is -2.09. The minimum Gasteiger partial charge on any atom is -0.461 e. The van der Waals surface area contributed by atoms with E-state index in [0.29, 0.717) is 21.8 Å². The van der Waals surface area contributed by atoms with E-state index in [4.69, 9.17) is 16.3 Å². The van der Waals surface area contributed by atoms with Crippen molar-refractivity contribution in [3.05, 3.63) is 64.9 Å². The maximum atomic E-state index is 12.3. The highest BCUT2D eigenvalue weighted by atomic mass is 35.5. The van der Waals surface area contributed by atoms with Crippen LogP contribution in [0.4, 0.5) is 5.82 Å². The Kier molecular flexibility index (Phi) is 5.43. The molecule has 1 N–H and O–H groups in total. The van der Waals surface area contributed by atoms with E-state index < -0.39 is 5.97 Å². The summed E-state index contributed by atoms with van der Waals surface area (Å²) in [6, 6.07) is 12.7. The highest BCUT2D eigenvalue weighted by Gasteiger charge is 2.16. The van der Waals surface area contributed by atoms with Gasteiger partial charge in [0.25, 0.3) is 0 Å². The van der Waals surface area contributed by atoms with Crippen LogP contribution in [-0.4, -0.2) is 28.3 Å². The average Bonchev–Trinajstić information content (AvgIpc) is 2.64. The molecule has 0 unspecified atom stereocenters. The number of hydrazone groups is 1. The number of fused-ring (bicyclic) bond motifs is 1. The van der Waals surface area contributed by atoms with Gasteiger partial charge in [0.1, 0.15) is 6.33 Å². The first-order valence-electron chi connectivity index (χ1n) is 8.06. The molecule has 0 bridgehead atoms. The number of ether oxygens (including phenoxy) is 1. The van der Waals surface area contributed by atoms with Gasteiger partial charge in [0.05, 0.1) is 12.1 Å². The molecular weight excluding hydrogens is 352 g/mol. The van der Waals surface area contributed by atoms with Crippen LogP contribution in [0.25, 0.3) is 10.9 Å². The number of aromatic nitrogens is 2. The maximum Gasteiger partial charge on any atom is 0.359 e. The van der Waals surface area contributed by atoms with Crippen LogP contribution in [0.15, 0.2) is 53.9 Å². The molecule has 1 aromatic heterocycles. The van der Waals surface area contributed by atoms with Crippen LogP contribution in [0.3, 0.4) is 0 Å². The van der Waals surface area contributed by atoms with Gasteiger partial charge in [-0.25, -0.2) is 14.8 Å². The number of esters is 1. The highest BCUT2D eigenvalue weighted by molar-refractivity contribution is 6.43. The van der Waals surface area contributed by atoms with E-state index in [2.05, 4.69) is 20.5 Å². The van der Waals surface area contributed by atoms with Crippen LogP contribution < -0.4 is 5.43 Å². The molecule has 0 amide bonds. The van der Waals surface area contributed by atoms with Crippen LogP contribution in [0.5, 0.6) is 0 Å². The monoisotopic (exact) mass is 368 g/mol. The van der Waals surface area contributed by atoms with Gasteiger partial charge in [0.2, 0.25) is 0 Å². The van der Waals surface area contributed by atoms with Crippen molar-refractivity contribution in [3.8, 4) is 0 Å². The molecule has 0 aliphatic rings. The summed E-state index contributed by atoms with van der Waals surface area (Å²) in [6.07, 6.45) is 1.42. The normalized spacial score (nSPS) is 11.4. The summed E-state index contributed by atoms with van der Waals surface area (Å²) in [6.45, 7) is 3.98. The third-order valence-corrected chi connectivity index (χ3v) is 3.90. The molecule has 26 heavy (non-hydrogen) atoms. The number of aryl methyl sites for hydroxylation is 1. The molecule has 0 aliphatic carbocycles. The number of nitrogens with one attached hydrogen (secondary N) is 1. The first-order valence-corrected chi connectivity index (χ1v) is 8.44. The van der Waals surface area contributed by atoms with E-state index in [-0.39, 0.29) is 12.3 Å². The van der Waals surface area contributed by atoms with Crippen molar-refractivity contribution in [2.24, 2.45) is 5.10 Å². The van der Waals surface area contributed by atoms with E-state index in [9.17, 15) is 4.79 Å². The second-order valence-electron chi connectivity index (χ2n) is 5.54. The van der Waals surface area contributed by atoms with Crippen molar-refractivity contribution >= 4 is 40.0 Å². The number of carbonyl (C=O) groups excluding carboxylic acids is 1. The molecule has 132 valence electrons. The molecule has 0 atom stereocenters. The van der Waals surface area contributed by atoms with Crippen LogP contribution >= 0.6 is 11.6 Å². The Morgan fingerprint density at radius 1 is 1.19 bits per heavy atom. The molecular formula is C19H17ClN4O2. The quantitative estimate of drug-likeness (QED) is 0.419. The minimum absolute atomic E-state index is 0.167. The van der Waals surface area contributed by atoms with Crippen molar-refractivity contribution in [2.75, 3.05) is 12.0 Å². The van der Waals surface area contributed by atoms with Gasteiger partial charge in [0, 0.05) is 16.0 Å². The zero-order chi connectivity index (χ0) is 18.5. The van der Waals surface area contributed by atoms with E-state index in [1.54, 1.807) is 25.1 Å². The maximum absolute atomic E-state index is 12.3. The SMILES string of the molecule is CCOC(=O)C(=NNc1ncnc2ccc(Cl)cc12)c1ccc(C)cc1. The Balaban J connectivity index is 2.00. The Bertz CT molecular complexity index is 971. The van der Waals surface area contributed by atoms with Crippen LogP contribution in [0, 0.1) is 6.92 Å². The number of benzene rings is 2. The lowest BCUT2D eigenvalue weighted by Crippen LogP contribution is -2.20. The fourth-order valence-corrected chi connectivity index (χ4v) is 2.54. The molecule has 0 radical (unpaired) electrons. The second kappa shape index (κ2) is 7.93. The fourth-order valence-electron chi connectivity index (χ4n) is 2.37. The van der Waals surface area contributed by atoms with Crippen molar-refractivity contribution < 1.29 is 9.53 Å². The zero-order valence-electron chi connectivity index (χ0n) is 14.4. The van der Waals surface area contributed by atoms with Gasteiger partial charge in [-0.05, 0) is 32.0 Å². The van der Waals surface area contributed by atoms with Crippen LogP contribution in [0.2, 0.25) is 5.02 Å². The van der Waals surface area contributed by atoms with Gasteiger partial charge in [-0.1, -0.05) is 41.4 Å². The highest BCUT2D eigenvalue weighted by Crippen LogP contribution is 2.23. The summed E-state index contributed by atoms with van der Waals surface area (Å²) in [7, 11) is 0. The topological polar surface area (TPSA) is 76.5 Å². The van der Waals surface area contributed by atoms with Crippen molar-refractivity contribution in [3.63, 3.8) is 0 Å². The van der Waals surface area contributed by atoms with Gasteiger partial charge in [-0.3, -0.25) is 5.43 Å². The number of hydrogen-bond donors (Lipinski definition) is 1. The molecule has 0 saturated carbocycles. The predicted molar refractivity (Wildman–Crippen MR) is 103 cm³/mol. The van der Waals surface area contributed by atoms with Gasteiger partial charge >= 0.3 is 5.97 Å². The zero-order valence-corrected chi connectivity index (χ0v) is 15.1. The van der Waals surface area contributed by atoms with Gasteiger partial charge < -0.3 is 4.74 Å². The largest absolute Gasteiger partial charge is 0.461 e. The summed E-state index contributed by atoms with van der Waals surface area (Å²) >= 11 is 6.06. The van der Waals surface area contributed by atoms with Gasteiger partial charge in [0.15, 0.2) is 11.5 Å². The number of hydrogen-bond acceptors (Lipinski definition) is 6.